The van der Waals surface area contributed by atoms with Crippen LogP contribution in [0.3, 0.4) is 0 Å². The minimum atomic E-state index is -2.99. The lowest BCUT2D eigenvalue weighted by Gasteiger charge is -2.00. The van der Waals surface area contributed by atoms with Crippen molar-refractivity contribution in [3.63, 3.8) is 0 Å². The van der Waals surface area contributed by atoms with Gasteiger partial charge in [0.2, 0.25) is 0 Å². The molecule has 0 radical (unpaired) electrons. The summed E-state index contributed by atoms with van der Waals surface area (Å²) >= 11 is 0. The van der Waals surface area contributed by atoms with E-state index in [1.165, 1.54) is 6.92 Å². The van der Waals surface area contributed by atoms with Crippen LogP contribution in [0.15, 0.2) is 0 Å². The lowest BCUT2D eigenvalue weighted by atomic mass is 10.8. The van der Waals surface area contributed by atoms with Gasteiger partial charge in [0, 0.05) is 12.7 Å². The first kappa shape index (κ1) is 10.4. The van der Waals surface area contributed by atoms with E-state index >= 15 is 0 Å². The van der Waals surface area contributed by atoms with Gasteiger partial charge in [-0.25, -0.2) is 8.42 Å². The quantitative estimate of drug-likeness (QED) is 0.571. The highest BCUT2D eigenvalue weighted by molar-refractivity contribution is 7.91. The molecule has 66 valence electrons. The molecule has 11 heavy (non-hydrogen) atoms. The summed E-state index contributed by atoms with van der Waals surface area (Å²) in [5.41, 5.74) is 0. The molecule has 0 saturated heterocycles. The zero-order chi connectivity index (χ0) is 8.91. The summed E-state index contributed by atoms with van der Waals surface area (Å²) in [7, 11) is -2.99. The minimum absolute atomic E-state index is 0.0362. The Hall–Kier alpha value is -0.580. The molecule has 4 nitrogen and oxygen atoms in total. The molecule has 0 rings (SSSR count). The fourth-order valence-corrected chi connectivity index (χ4v) is 1.08. The maximum absolute atomic E-state index is 10.8. The highest BCUT2D eigenvalue weighted by Crippen LogP contribution is 1.89. The topological polar surface area (TPSA) is 60.4 Å². The molecular formula is C6H12O4S. The summed E-state index contributed by atoms with van der Waals surface area (Å²) in [4.78, 5) is 10.2. The molecule has 0 aromatic carbocycles. The predicted molar refractivity (Wildman–Crippen MR) is 41.0 cm³/mol. The highest BCUT2D eigenvalue weighted by atomic mass is 32.2. The summed E-state index contributed by atoms with van der Waals surface area (Å²) in [6, 6.07) is 0. The van der Waals surface area contributed by atoms with Crippen molar-refractivity contribution in [1.82, 2.24) is 0 Å². The van der Waals surface area contributed by atoms with E-state index in [2.05, 4.69) is 4.74 Å². The Labute approximate surface area is 66.5 Å². The molecule has 0 saturated carbocycles. The van der Waals surface area contributed by atoms with E-state index in [9.17, 15) is 13.2 Å². The Kier molecular flexibility index (Phi) is 4.10. The monoisotopic (exact) mass is 180 g/mol. The van der Waals surface area contributed by atoms with Crippen LogP contribution in [0.2, 0.25) is 0 Å². The Morgan fingerprint density at radius 1 is 1.45 bits per heavy atom. The van der Waals surface area contributed by atoms with Gasteiger partial charge in [-0.2, -0.15) is 0 Å². The molecule has 0 aliphatic carbocycles. The standard InChI is InChI=1S/C6H12O4S/c1-3-11(8,9)5-4-10-6(2)7/h3-5H2,1-2H3. The third-order valence-electron chi connectivity index (χ3n) is 1.14. The highest BCUT2D eigenvalue weighted by Gasteiger charge is 2.07. The van der Waals surface area contributed by atoms with Crippen LogP contribution in [-0.4, -0.2) is 32.5 Å². The van der Waals surface area contributed by atoms with E-state index < -0.39 is 15.8 Å². The van der Waals surface area contributed by atoms with Crippen molar-refractivity contribution >= 4 is 15.8 Å². The van der Waals surface area contributed by atoms with Gasteiger partial charge >= 0.3 is 5.97 Å². The first-order chi connectivity index (χ1) is 4.98. The van der Waals surface area contributed by atoms with Gasteiger partial charge in [-0.05, 0) is 0 Å². The molecule has 0 amide bonds. The first-order valence-corrected chi connectivity index (χ1v) is 5.14. The van der Waals surface area contributed by atoms with Crippen LogP contribution in [0.1, 0.15) is 13.8 Å². The van der Waals surface area contributed by atoms with Gasteiger partial charge in [0.1, 0.15) is 6.61 Å². The van der Waals surface area contributed by atoms with Crippen molar-refractivity contribution < 1.29 is 17.9 Å². The summed E-state index contributed by atoms with van der Waals surface area (Å²) in [6.07, 6.45) is 0. The fraction of sp³-hybridized carbons (Fsp3) is 0.833. The maximum atomic E-state index is 10.8. The molecule has 0 aliphatic rings. The molecule has 0 atom stereocenters. The van der Waals surface area contributed by atoms with Crippen LogP contribution in [0.5, 0.6) is 0 Å². The van der Waals surface area contributed by atoms with Crippen molar-refractivity contribution in [2.24, 2.45) is 0 Å². The van der Waals surface area contributed by atoms with Crippen LogP contribution >= 0.6 is 0 Å². The fourth-order valence-electron chi connectivity index (χ4n) is 0.457. The molecule has 0 unspecified atom stereocenters. The molecule has 0 bridgehead atoms. The number of carbonyl (C=O) groups excluding carboxylic acids is 1. The number of carbonyl (C=O) groups is 1. The van der Waals surface area contributed by atoms with E-state index in [0.717, 1.165) is 0 Å². The lowest BCUT2D eigenvalue weighted by molar-refractivity contribution is -0.140. The molecular weight excluding hydrogens is 168 g/mol. The largest absolute Gasteiger partial charge is 0.465 e. The smallest absolute Gasteiger partial charge is 0.302 e. The number of esters is 1. The Morgan fingerprint density at radius 2 is 2.00 bits per heavy atom. The minimum Gasteiger partial charge on any atom is -0.465 e. The number of rotatable bonds is 4. The summed E-state index contributed by atoms with van der Waals surface area (Å²) in [5, 5.41) is 0. The molecule has 5 heteroatoms. The average molecular weight is 180 g/mol. The Morgan fingerprint density at radius 3 is 2.36 bits per heavy atom. The van der Waals surface area contributed by atoms with Crippen molar-refractivity contribution in [1.29, 1.82) is 0 Å². The van der Waals surface area contributed by atoms with Gasteiger partial charge < -0.3 is 4.74 Å². The second kappa shape index (κ2) is 4.33. The summed E-state index contributed by atoms with van der Waals surface area (Å²) in [5.74, 6) is -0.437. The number of hydrogen-bond donors (Lipinski definition) is 0. The van der Waals surface area contributed by atoms with Crippen molar-refractivity contribution in [3.8, 4) is 0 Å². The van der Waals surface area contributed by atoms with Crippen molar-refractivity contribution in [2.45, 2.75) is 13.8 Å². The van der Waals surface area contributed by atoms with Crippen LogP contribution in [0.4, 0.5) is 0 Å². The number of sulfone groups is 1. The molecule has 0 aliphatic heterocycles. The molecule has 0 aromatic heterocycles. The normalized spacial score (nSPS) is 11.1. The maximum Gasteiger partial charge on any atom is 0.302 e. The van der Waals surface area contributed by atoms with E-state index in [0.29, 0.717) is 0 Å². The average Bonchev–Trinajstić information content (AvgIpc) is 1.87. The van der Waals surface area contributed by atoms with E-state index in [1.807, 2.05) is 0 Å². The molecule has 0 heterocycles. The zero-order valence-corrected chi connectivity index (χ0v) is 7.48. The number of ether oxygens (including phenoxy) is 1. The Bertz CT molecular complexity index is 217. The van der Waals surface area contributed by atoms with Gasteiger partial charge in [-0.15, -0.1) is 0 Å². The second-order valence-electron chi connectivity index (χ2n) is 2.08. The Balaban J connectivity index is 3.63. The molecule has 0 fully saturated rings. The van der Waals surface area contributed by atoms with Gasteiger partial charge in [0.25, 0.3) is 0 Å². The second-order valence-corrected chi connectivity index (χ2v) is 4.55. The van der Waals surface area contributed by atoms with Crippen LogP contribution in [0, 0.1) is 0 Å². The van der Waals surface area contributed by atoms with Crippen molar-refractivity contribution in [2.75, 3.05) is 18.1 Å². The summed E-state index contributed by atoms with van der Waals surface area (Å²) < 4.78 is 26.0. The van der Waals surface area contributed by atoms with E-state index in [4.69, 9.17) is 0 Å². The predicted octanol–water partition coefficient (Wildman–Crippen LogP) is -0.0158. The third-order valence-corrected chi connectivity index (χ3v) is 2.81. The van der Waals surface area contributed by atoms with Crippen LogP contribution in [0.25, 0.3) is 0 Å². The zero-order valence-electron chi connectivity index (χ0n) is 6.66. The summed E-state index contributed by atoms with van der Waals surface area (Å²) in [6.45, 7) is 2.77. The number of hydrogen-bond acceptors (Lipinski definition) is 4. The molecule has 0 spiro atoms. The van der Waals surface area contributed by atoms with Crippen LogP contribution in [-0.2, 0) is 19.4 Å². The van der Waals surface area contributed by atoms with Gasteiger partial charge in [-0.1, -0.05) is 6.92 Å². The van der Waals surface area contributed by atoms with Gasteiger partial charge in [0.15, 0.2) is 9.84 Å². The lowest BCUT2D eigenvalue weighted by Crippen LogP contribution is -2.15. The molecule has 0 N–H and O–H groups in total. The van der Waals surface area contributed by atoms with E-state index in [-0.39, 0.29) is 18.1 Å². The third kappa shape index (κ3) is 5.84. The first-order valence-electron chi connectivity index (χ1n) is 3.31. The van der Waals surface area contributed by atoms with E-state index in [1.54, 1.807) is 6.92 Å². The van der Waals surface area contributed by atoms with Crippen molar-refractivity contribution in [3.05, 3.63) is 0 Å². The SMILES string of the molecule is CCS(=O)(=O)CCOC(C)=O. The van der Waals surface area contributed by atoms with Gasteiger partial charge in [0.05, 0.1) is 5.75 Å². The molecule has 0 aromatic rings. The van der Waals surface area contributed by atoms with Gasteiger partial charge in [-0.3, -0.25) is 4.79 Å². The van der Waals surface area contributed by atoms with Crippen LogP contribution < -0.4 is 0 Å².